The second-order valence-electron chi connectivity index (χ2n) is 8.25. The van der Waals surface area contributed by atoms with Gasteiger partial charge in [-0.2, -0.15) is 17.2 Å². The molecule has 0 bridgehead atoms. The highest BCUT2D eigenvalue weighted by Crippen LogP contribution is 2.42. The average molecular weight is 487 g/mol. The molecule has 1 saturated heterocycles. The Morgan fingerprint density at radius 1 is 1.18 bits per heavy atom. The molecule has 7 nitrogen and oxygen atoms in total. The highest BCUT2D eigenvalue weighted by molar-refractivity contribution is 7.86. The summed E-state index contributed by atoms with van der Waals surface area (Å²) in [6.45, 7) is 3.44. The molecule has 0 saturated carbocycles. The van der Waals surface area contributed by atoms with Gasteiger partial charge in [-0.25, -0.2) is 4.39 Å². The van der Waals surface area contributed by atoms with Gasteiger partial charge in [-0.15, -0.1) is 0 Å². The summed E-state index contributed by atoms with van der Waals surface area (Å²) in [5, 5.41) is 0. The fourth-order valence-electron chi connectivity index (χ4n) is 3.95. The smallest absolute Gasteiger partial charge is 0.315 e. The van der Waals surface area contributed by atoms with E-state index in [1.807, 2.05) is 0 Å². The van der Waals surface area contributed by atoms with Crippen molar-refractivity contribution in [3.63, 3.8) is 0 Å². The van der Waals surface area contributed by atoms with Crippen LogP contribution >= 0.6 is 0 Å². The maximum atomic E-state index is 13.8. The van der Waals surface area contributed by atoms with Crippen molar-refractivity contribution < 1.29 is 35.3 Å². The van der Waals surface area contributed by atoms with E-state index < -0.39 is 53.1 Å². The maximum Gasteiger partial charge on any atom is 0.315 e. The molecule has 1 aromatic carbocycles. The number of pyridine rings is 1. The Kier molecular flexibility index (Phi) is 7.15. The van der Waals surface area contributed by atoms with Gasteiger partial charge >= 0.3 is 6.43 Å². The molecule has 1 aromatic heterocycles. The van der Waals surface area contributed by atoms with Gasteiger partial charge in [0.1, 0.15) is 24.6 Å². The van der Waals surface area contributed by atoms with Crippen molar-refractivity contribution in [3.05, 3.63) is 53.9 Å². The number of hydrogen-bond donors (Lipinski definition) is 0. The van der Waals surface area contributed by atoms with Crippen LogP contribution in [0.15, 0.2) is 42.6 Å². The maximum absolute atomic E-state index is 13.8. The van der Waals surface area contributed by atoms with Crippen molar-refractivity contribution in [3.8, 4) is 11.1 Å². The van der Waals surface area contributed by atoms with Crippen LogP contribution in [0.25, 0.3) is 11.1 Å². The fraction of sp³-hybridized carbons (Fsp3) is 0.455. The monoisotopic (exact) mass is 486 g/mol. The summed E-state index contributed by atoms with van der Waals surface area (Å²) < 4.78 is 73.2. The largest absolute Gasteiger partial charge is 0.346 e. The molecule has 0 spiro atoms. The molecule has 1 aliphatic rings. The van der Waals surface area contributed by atoms with Gasteiger partial charge in [0.25, 0.3) is 16.0 Å². The Bertz CT molecular complexity index is 1090. The second kappa shape index (κ2) is 9.40. The van der Waals surface area contributed by atoms with Crippen LogP contribution < -0.4 is 0 Å². The minimum absolute atomic E-state index is 0.442. The Labute approximate surface area is 190 Å². The first kappa shape index (κ1) is 25.1. The van der Waals surface area contributed by atoms with Gasteiger partial charge in [0.15, 0.2) is 0 Å². The number of carbonyl (C=O) groups is 1. The van der Waals surface area contributed by atoms with E-state index in [1.165, 1.54) is 13.8 Å². The standard InChI is InChI=1S/C22H25F3N2O5S/c1-13(32-33(4,29)30)17-10-9-16(12-26-17)14-5-7-15(8-6-14)19-18(11-23)27(21(28)20(24)25)22(2,3)31-19/h5-10,12-13,18-20H,11H2,1-4H3. The number of aromatic nitrogens is 1. The minimum Gasteiger partial charge on any atom is -0.346 e. The number of benzene rings is 1. The Morgan fingerprint density at radius 3 is 2.27 bits per heavy atom. The number of carbonyl (C=O) groups excluding carboxylic acids is 1. The molecule has 3 unspecified atom stereocenters. The molecule has 11 heteroatoms. The molecular formula is C22H25F3N2O5S. The van der Waals surface area contributed by atoms with Gasteiger partial charge in [0, 0.05) is 11.8 Å². The fourth-order valence-corrected chi connectivity index (χ4v) is 4.57. The number of rotatable bonds is 7. The van der Waals surface area contributed by atoms with E-state index in [9.17, 15) is 26.4 Å². The molecule has 3 atom stereocenters. The first-order valence-electron chi connectivity index (χ1n) is 10.1. The molecule has 1 fully saturated rings. The quantitative estimate of drug-likeness (QED) is 0.550. The molecule has 1 aliphatic heterocycles. The molecule has 2 heterocycles. The van der Waals surface area contributed by atoms with Crippen molar-refractivity contribution in [1.82, 2.24) is 9.88 Å². The van der Waals surface area contributed by atoms with E-state index >= 15 is 0 Å². The van der Waals surface area contributed by atoms with Crippen LogP contribution in [-0.4, -0.2) is 55.3 Å². The summed E-state index contributed by atoms with van der Waals surface area (Å²) in [6, 6.07) is 9.06. The molecule has 3 rings (SSSR count). The van der Waals surface area contributed by atoms with Crippen LogP contribution in [0, 0.1) is 0 Å². The van der Waals surface area contributed by atoms with Crippen molar-refractivity contribution in [2.45, 2.75) is 51.2 Å². The number of hydrogen-bond acceptors (Lipinski definition) is 6. The average Bonchev–Trinajstić information content (AvgIpc) is 3.02. The molecule has 1 amide bonds. The first-order valence-corrected chi connectivity index (χ1v) is 12.0. The topological polar surface area (TPSA) is 85.8 Å². The van der Waals surface area contributed by atoms with E-state index in [-0.39, 0.29) is 0 Å². The van der Waals surface area contributed by atoms with Crippen molar-refractivity contribution >= 4 is 16.0 Å². The summed E-state index contributed by atoms with van der Waals surface area (Å²) in [6.07, 6.45) is -2.38. The van der Waals surface area contributed by atoms with Crippen molar-refractivity contribution in [2.75, 3.05) is 12.9 Å². The molecule has 2 aromatic rings. The van der Waals surface area contributed by atoms with Gasteiger partial charge in [-0.1, -0.05) is 30.3 Å². The zero-order chi connectivity index (χ0) is 24.6. The van der Waals surface area contributed by atoms with Crippen LogP contribution in [0.5, 0.6) is 0 Å². The van der Waals surface area contributed by atoms with Crippen LogP contribution in [0.2, 0.25) is 0 Å². The first-order chi connectivity index (χ1) is 15.3. The summed E-state index contributed by atoms with van der Waals surface area (Å²) in [5.74, 6) is -1.47. The van der Waals surface area contributed by atoms with Gasteiger partial charge in [-0.3, -0.25) is 14.0 Å². The third-order valence-electron chi connectivity index (χ3n) is 5.35. The van der Waals surface area contributed by atoms with E-state index in [4.69, 9.17) is 8.92 Å². The van der Waals surface area contributed by atoms with Gasteiger partial charge in [0.05, 0.1) is 18.0 Å². The lowest BCUT2D eigenvalue weighted by molar-refractivity contribution is -0.159. The molecule has 180 valence electrons. The van der Waals surface area contributed by atoms with E-state index in [0.29, 0.717) is 11.3 Å². The predicted octanol–water partition coefficient (Wildman–Crippen LogP) is 4.03. The lowest BCUT2D eigenvalue weighted by atomic mass is 9.99. The third-order valence-corrected chi connectivity index (χ3v) is 5.99. The van der Waals surface area contributed by atoms with Crippen LogP contribution in [0.3, 0.4) is 0 Å². The number of nitrogens with zero attached hydrogens (tertiary/aromatic N) is 2. The molecular weight excluding hydrogens is 461 g/mol. The predicted molar refractivity (Wildman–Crippen MR) is 115 cm³/mol. The van der Waals surface area contributed by atoms with Crippen molar-refractivity contribution in [2.24, 2.45) is 0 Å². The van der Waals surface area contributed by atoms with E-state index in [1.54, 1.807) is 49.5 Å². The summed E-state index contributed by atoms with van der Waals surface area (Å²) in [4.78, 5) is 17.0. The summed E-state index contributed by atoms with van der Waals surface area (Å²) in [5.41, 5.74) is 1.10. The summed E-state index contributed by atoms with van der Waals surface area (Å²) >= 11 is 0. The zero-order valence-electron chi connectivity index (χ0n) is 18.5. The number of halogens is 3. The zero-order valence-corrected chi connectivity index (χ0v) is 19.4. The Morgan fingerprint density at radius 2 is 1.79 bits per heavy atom. The highest BCUT2D eigenvalue weighted by Gasteiger charge is 2.52. The number of amides is 1. The van der Waals surface area contributed by atoms with E-state index in [2.05, 4.69) is 4.98 Å². The van der Waals surface area contributed by atoms with Gasteiger partial charge in [0.2, 0.25) is 0 Å². The SMILES string of the molecule is CC(OS(C)(=O)=O)c1ccc(-c2ccc(C3OC(C)(C)N(C(=O)C(F)F)C3CF)cc2)cn1. The summed E-state index contributed by atoms with van der Waals surface area (Å²) in [7, 11) is -3.62. The second-order valence-corrected chi connectivity index (χ2v) is 9.85. The molecule has 0 aliphatic carbocycles. The van der Waals surface area contributed by atoms with Crippen LogP contribution in [0.4, 0.5) is 13.2 Å². The van der Waals surface area contributed by atoms with Gasteiger partial charge < -0.3 is 9.64 Å². The van der Waals surface area contributed by atoms with Crippen molar-refractivity contribution in [1.29, 1.82) is 0 Å². The molecule has 0 radical (unpaired) electrons. The molecule has 33 heavy (non-hydrogen) atoms. The van der Waals surface area contributed by atoms with Crippen LogP contribution in [-0.2, 0) is 23.8 Å². The normalized spacial score (nSPS) is 21.4. The highest BCUT2D eigenvalue weighted by atomic mass is 32.2. The Hall–Kier alpha value is -2.50. The van der Waals surface area contributed by atoms with Crippen LogP contribution in [0.1, 0.15) is 44.2 Å². The lowest BCUT2D eigenvalue weighted by Gasteiger charge is -2.32. The third kappa shape index (κ3) is 5.53. The number of ether oxygens (including phenoxy) is 1. The number of alkyl halides is 3. The Balaban J connectivity index is 1.81. The lowest BCUT2D eigenvalue weighted by Crippen LogP contribution is -2.51. The van der Waals surface area contributed by atoms with E-state index in [0.717, 1.165) is 22.3 Å². The molecule has 0 N–H and O–H groups in total. The minimum atomic E-state index is -3.62. The van der Waals surface area contributed by atoms with Gasteiger partial charge in [-0.05, 0) is 38.0 Å².